The Labute approximate surface area is 172 Å². The van der Waals surface area contributed by atoms with Crippen LogP contribution in [-0.2, 0) is 9.59 Å². The fourth-order valence-electron chi connectivity index (χ4n) is 2.72. The van der Waals surface area contributed by atoms with E-state index in [0.29, 0.717) is 16.5 Å². The molecule has 3 rings (SSSR count). The summed E-state index contributed by atoms with van der Waals surface area (Å²) in [7, 11) is 1.64. The van der Waals surface area contributed by atoms with E-state index in [-0.39, 0.29) is 23.8 Å². The summed E-state index contributed by atoms with van der Waals surface area (Å²) in [5.74, 6) is -1.82. The lowest BCUT2D eigenvalue weighted by Crippen LogP contribution is -2.43. The van der Waals surface area contributed by atoms with Gasteiger partial charge in [0.25, 0.3) is 0 Å². The van der Waals surface area contributed by atoms with Gasteiger partial charge < -0.3 is 15.2 Å². The molecule has 2 amide bonds. The van der Waals surface area contributed by atoms with E-state index in [4.69, 9.17) is 0 Å². The van der Waals surface area contributed by atoms with Gasteiger partial charge in [-0.15, -0.1) is 0 Å². The minimum Gasteiger partial charge on any atom is -0.545 e. The number of carbonyl (C=O) groups is 3. The molecule has 7 nitrogen and oxygen atoms in total. The molecule has 2 aromatic carbocycles. The molecule has 0 spiro atoms. The largest absolute Gasteiger partial charge is 0.545 e. The number of aryl methyl sites for hydroxylation is 2. The van der Waals surface area contributed by atoms with E-state index >= 15 is 0 Å². The first kappa shape index (κ1) is 20.6. The molecule has 0 aliphatic carbocycles. The standard InChI is InChI=1S/C21H21N3O4S/c1-12-4-7-16(10-13(12)2)23-21-24(3)18(25)11-17(29-21)19(26)22-15-8-5-14(6-9-15)20(27)28/h4-10,17H,11H2,1-3H3,(H,22,26)(H,27,28)/p-1/t17-/m0/s1. The number of hydrogen-bond donors (Lipinski definition) is 1. The summed E-state index contributed by atoms with van der Waals surface area (Å²) in [6, 6.07) is 11.4. The maximum absolute atomic E-state index is 12.6. The molecule has 0 saturated carbocycles. The van der Waals surface area contributed by atoms with Crippen molar-refractivity contribution in [2.75, 3.05) is 12.4 Å². The molecule has 0 unspecified atom stereocenters. The first-order chi connectivity index (χ1) is 13.7. The third-order valence-corrected chi connectivity index (χ3v) is 5.91. The van der Waals surface area contributed by atoms with Crippen LogP contribution in [0.3, 0.4) is 0 Å². The van der Waals surface area contributed by atoms with Crippen LogP contribution in [0, 0.1) is 13.8 Å². The van der Waals surface area contributed by atoms with E-state index in [1.165, 1.54) is 40.9 Å². The summed E-state index contributed by atoms with van der Waals surface area (Å²) in [6.45, 7) is 4.00. The van der Waals surface area contributed by atoms with Gasteiger partial charge in [-0.1, -0.05) is 30.0 Å². The monoisotopic (exact) mass is 410 g/mol. The SMILES string of the molecule is Cc1ccc(N=C2S[C@H](C(=O)Nc3ccc(C(=O)[O-])cc3)CC(=O)N2C)cc1C. The zero-order valence-electron chi connectivity index (χ0n) is 16.3. The van der Waals surface area contributed by atoms with Gasteiger partial charge in [0.2, 0.25) is 11.8 Å². The molecule has 0 aromatic heterocycles. The van der Waals surface area contributed by atoms with Gasteiger partial charge in [0, 0.05) is 19.2 Å². The number of nitrogens with zero attached hydrogens (tertiary/aromatic N) is 2. The van der Waals surface area contributed by atoms with Crippen LogP contribution < -0.4 is 10.4 Å². The summed E-state index contributed by atoms with van der Waals surface area (Å²) in [5, 5.41) is 13.4. The fraction of sp³-hybridized carbons (Fsp3) is 0.238. The molecule has 1 saturated heterocycles. The van der Waals surface area contributed by atoms with Gasteiger partial charge in [-0.05, 0) is 54.8 Å². The average Bonchev–Trinajstić information content (AvgIpc) is 2.68. The van der Waals surface area contributed by atoms with Gasteiger partial charge >= 0.3 is 0 Å². The highest BCUT2D eigenvalue weighted by molar-refractivity contribution is 8.15. The van der Waals surface area contributed by atoms with E-state index in [0.717, 1.165) is 11.1 Å². The van der Waals surface area contributed by atoms with Gasteiger partial charge in [-0.2, -0.15) is 0 Å². The first-order valence-corrected chi connectivity index (χ1v) is 9.84. The quantitative estimate of drug-likeness (QED) is 0.833. The van der Waals surface area contributed by atoms with Crippen molar-refractivity contribution in [3.8, 4) is 0 Å². The van der Waals surface area contributed by atoms with Crippen molar-refractivity contribution >= 4 is 46.1 Å². The van der Waals surface area contributed by atoms with Crippen molar-refractivity contribution in [3.63, 3.8) is 0 Å². The number of anilines is 1. The minimum atomic E-state index is -1.29. The molecule has 2 aromatic rings. The number of carboxylic acids is 1. The number of amides is 2. The second-order valence-electron chi connectivity index (χ2n) is 6.78. The van der Waals surface area contributed by atoms with Crippen molar-refractivity contribution < 1.29 is 19.5 Å². The van der Waals surface area contributed by atoms with E-state index < -0.39 is 11.2 Å². The molecule has 1 N–H and O–H groups in total. The number of amidine groups is 1. The van der Waals surface area contributed by atoms with E-state index in [1.807, 2.05) is 32.0 Å². The third-order valence-electron chi connectivity index (χ3n) is 4.66. The number of benzene rings is 2. The second kappa shape index (κ2) is 8.48. The summed E-state index contributed by atoms with van der Waals surface area (Å²) < 4.78 is 0. The molecule has 0 bridgehead atoms. The molecule has 1 fully saturated rings. The zero-order valence-corrected chi connectivity index (χ0v) is 17.1. The van der Waals surface area contributed by atoms with Crippen LogP contribution in [0.5, 0.6) is 0 Å². The number of thioether (sulfide) groups is 1. The molecular formula is C21H20N3O4S-. The lowest BCUT2D eigenvalue weighted by Gasteiger charge is -2.28. The summed E-state index contributed by atoms with van der Waals surface area (Å²) in [4.78, 5) is 41.9. The molecule has 150 valence electrons. The van der Waals surface area contributed by atoms with E-state index in [1.54, 1.807) is 7.05 Å². The Bertz CT molecular complexity index is 1000. The summed E-state index contributed by atoms with van der Waals surface area (Å²) in [5.41, 5.74) is 3.43. The van der Waals surface area contributed by atoms with Crippen molar-refractivity contribution in [1.29, 1.82) is 0 Å². The number of carbonyl (C=O) groups excluding carboxylic acids is 3. The topological polar surface area (TPSA) is 102 Å². The van der Waals surface area contributed by atoms with Crippen LogP contribution in [-0.4, -0.2) is 40.1 Å². The highest BCUT2D eigenvalue weighted by Gasteiger charge is 2.34. The van der Waals surface area contributed by atoms with Crippen molar-refractivity contribution in [2.24, 2.45) is 4.99 Å². The number of aromatic carboxylic acids is 1. The predicted octanol–water partition coefficient (Wildman–Crippen LogP) is 2.26. The average molecular weight is 410 g/mol. The van der Waals surface area contributed by atoms with Crippen LogP contribution in [0.1, 0.15) is 27.9 Å². The highest BCUT2D eigenvalue weighted by Crippen LogP contribution is 2.29. The molecule has 1 aliphatic heterocycles. The summed E-state index contributed by atoms with van der Waals surface area (Å²) >= 11 is 1.22. The van der Waals surface area contributed by atoms with Crippen molar-refractivity contribution in [3.05, 3.63) is 59.2 Å². The summed E-state index contributed by atoms with van der Waals surface area (Å²) in [6.07, 6.45) is 0.0517. The van der Waals surface area contributed by atoms with Gasteiger partial charge in [-0.3, -0.25) is 14.5 Å². The Morgan fingerprint density at radius 1 is 1.14 bits per heavy atom. The smallest absolute Gasteiger partial charge is 0.238 e. The number of rotatable bonds is 4. The zero-order chi connectivity index (χ0) is 21.1. The second-order valence-corrected chi connectivity index (χ2v) is 7.95. The van der Waals surface area contributed by atoms with Crippen molar-refractivity contribution in [2.45, 2.75) is 25.5 Å². The van der Waals surface area contributed by atoms with Crippen LogP contribution >= 0.6 is 11.8 Å². The number of hydrogen-bond acceptors (Lipinski definition) is 6. The maximum Gasteiger partial charge on any atom is 0.238 e. The molecule has 8 heteroatoms. The normalized spacial score (nSPS) is 18.0. The predicted molar refractivity (Wildman–Crippen MR) is 111 cm³/mol. The lowest BCUT2D eigenvalue weighted by molar-refractivity contribution is -0.255. The number of aliphatic imine (C=N–C) groups is 1. The first-order valence-electron chi connectivity index (χ1n) is 8.96. The Balaban J connectivity index is 1.76. The maximum atomic E-state index is 12.6. The van der Waals surface area contributed by atoms with Crippen LogP contribution in [0.15, 0.2) is 47.5 Å². The minimum absolute atomic E-state index is 0.0228. The molecule has 29 heavy (non-hydrogen) atoms. The molecule has 0 radical (unpaired) electrons. The van der Waals surface area contributed by atoms with Crippen LogP contribution in [0.2, 0.25) is 0 Å². The fourth-order valence-corrected chi connectivity index (χ4v) is 3.78. The number of nitrogens with one attached hydrogen (secondary N) is 1. The van der Waals surface area contributed by atoms with Gasteiger partial charge in [0.1, 0.15) is 5.25 Å². The van der Waals surface area contributed by atoms with Gasteiger partial charge in [-0.25, -0.2) is 4.99 Å². The molecule has 1 heterocycles. The molecule has 1 aliphatic rings. The van der Waals surface area contributed by atoms with Gasteiger partial charge in [0.05, 0.1) is 11.7 Å². The van der Waals surface area contributed by atoms with Crippen LogP contribution in [0.4, 0.5) is 11.4 Å². The third kappa shape index (κ3) is 4.83. The van der Waals surface area contributed by atoms with Crippen LogP contribution in [0.25, 0.3) is 0 Å². The Kier molecular flexibility index (Phi) is 6.03. The van der Waals surface area contributed by atoms with E-state index in [2.05, 4.69) is 10.3 Å². The Morgan fingerprint density at radius 3 is 2.45 bits per heavy atom. The molecular weight excluding hydrogens is 390 g/mol. The lowest BCUT2D eigenvalue weighted by atomic mass is 10.1. The molecule has 1 atom stereocenters. The Hall–Kier alpha value is -3.13. The number of carboxylic acid groups (broad SMARTS) is 1. The van der Waals surface area contributed by atoms with Crippen molar-refractivity contribution in [1.82, 2.24) is 4.90 Å². The van der Waals surface area contributed by atoms with E-state index in [9.17, 15) is 19.5 Å². The Morgan fingerprint density at radius 2 is 1.83 bits per heavy atom. The van der Waals surface area contributed by atoms with Gasteiger partial charge in [0.15, 0.2) is 5.17 Å². The highest BCUT2D eigenvalue weighted by atomic mass is 32.2.